The summed E-state index contributed by atoms with van der Waals surface area (Å²) in [5.74, 6) is -1.10. The minimum Gasteiger partial charge on any atom is -0.481 e. The quantitative estimate of drug-likeness (QED) is 0.912. The van der Waals surface area contributed by atoms with Crippen LogP contribution in [0.1, 0.15) is 18.4 Å². The van der Waals surface area contributed by atoms with Crippen LogP contribution in [0.15, 0.2) is 22.7 Å². The molecular formula is C13H13BrN2O2. The maximum atomic E-state index is 11.1. The number of nitrogens with zero attached hydrogens (tertiary/aromatic N) is 2. The average molecular weight is 309 g/mol. The molecule has 0 spiro atoms. The smallest absolute Gasteiger partial charge is 0.308 e. The molecule has 0 saturated carbocycles. The number of aliphatic carboxylic acids is 1. The van der Waals surface area contributed by atoms with E-state index in [4.69, 9.17) is 10.4 Å². The van der Waals surface area contributed by atoms with Crippen molar-refractivity contribution in [2.24, 2.45) is 5.92 Å². The van der Waals surface area contributed by atoms with Gasteiger partial charge in [-0.05, 0) is 31.0 Å². The van der Waals surface area contributed by atoms with Gasteiger partial charge in [0, 0.05) is 17.6 Å². The van der Waals surface area contributed by atoms with Crippen LogP contribution in [0, 0.1) is 17.2 Å². The molecule has 4 nitrogen and oxygen atoms in total. The normalized spacial score (nSPS) is 19.3. The summed E-state index contributed by atoms with van der Waals surface area (Å²) in [4.78, 5) is 13.0. The number of carboxylic acid groups (broad SMARTS) is 1. The number of hydrogen-bond donors (Lipinski definition) is 1. The van der Waals surface area contributed by atoms with E-state index in [0.717, 1.165) is 23.1 Å². The van der Waals surface area contributed by atoms with Crippen LogP contribution in [0.3, 0.4) is 0 Å². The Labute approximate surface area is 114 Å². The lowest BCUT2D eigenvalue weighted by Crippen LogP contribution is -2.39. The largest absolute Gasteiger partial charge is 0.481 e. The fraction of sp³-hybridized carbons (Fsp3) is 0.385. The number of piperidine rings is 1. The van der Waals surface area contributed by atoms with Crippen molar-refractivity contribution in [1.29, 1.82) is 5.26 Å². The number of anilines is 1. The fourth-order valence-corrected chi connectivity index (χ4v) is 2.61. The SMILES string of the molecule is N#Cc1ccc(Br)cc1N1CCCC(C(=O)O)C1. The molecule has 1 aromatic rings. The molecule has 0 aromatic heterocycles. The summed E-state index contributed by atoms with van der Waals surface area (Å²) in [6, 6.07) is 7.61. The van der Waals surface area contributed by atoms with E-state index in [9.17, 15) is 4.79 Å². The van der Waals surface area contributed by atoms with Crippen molar-refractivity contribution >= 4 is 27.6 Å². The standard InChI is InChI=1S/C13H13BrN2O2/c14-11-4-3-9(7-15)12(6-11)16-5-1-2-10(8-16)13(17)18/h3-4,6,10H,1-2,5,8H2,(H,17,18). The lowest BCUT2D eigenvalue weighted by Gasteiger charge is -2.33. The van der Waals surface area contributed by atoms with Crippen LogP contribution in [-0.2, 0) is 4.79 Å². The summed E-state index contributed by atoms with van der Waals surface area (Å²) in [7, 11) is 0. The number of carboxylic acids is 1. The van der Waals surface area contributed by atoms with Gasteiger partial charge in [-0.15, -0.1) is 0 Å². The third kappa shape index (κ3) is 2.65. The first kappa shape index (κ1) is 12.9. The van der Waals surface area contributed by atoms with Gasteiger partial charge in [0.1, 0.15) is 6.07 Å². The molecule has 0 aliphatic carbocycles. The predicted octanol–water partition coefficient (Wildman–Crippen LogP) is 2.62. The van der Waals surface area contributed by atoms with Gasteiger partial charge in [0.15, 0.2) is 0 Å². The van der Waals surface area contributed by atoms with Gasteiger partial charge in [0.25, 0.3) is 0 Å². The van der Waals surface area contributed by atoms with E-state index in [1.54, 1.807) is 6.07 Å². The molecule has 1 saturated heterocycles. The molecule has 1 unspecified atom stereocenters. The Morgan fingerprint density at radius 3 is 3.00 bits per heavy atom. The molecular weight excluding hydrogens is 296 g/mol. The molecule has 1 N–H and O–H groups in total. The Morgan fingerprint density at radius 1 is 1.56 bits per heavy atom. The minimum atomic E-state index is -0.756. The Hall–Kier alpha value is -1.54. The summed E-state index contributed by atoms with van der Waals surface area (Å²) in [6.45, 7) is 1.27. The number of hydrogen-bond acceptors (Lipinski definition) is 3. The average Bonchev–Trinajstić information content (AvgIpc) is 2.39. The van der Waals surface area contributed by atoms with Crippen LogP contribution in [-0.4, -0.2) is 24.2 Å². The Bertz CT molecular complexity index is 510. The third-order valence-electron chi connectivity index (χ3n) is 3.19. The van der Waals surface area contributed by atoms with Gasteiger partial charge in [-0.2, -0.15) is 5.26 Å². The monoisotopic (exact) mass is 308 g/mol. The topological polar surface area (TPSA) is 64.3 Å². The van der Waals surface area contributed by atoms with Gasteiger partial charge in [-0.1, -0.05) is 15.9 Å². The summed E-state index contributed by atoms with van der Waals surface area (Å²) in [5, 5.41) is 18.2. The summed E-state index contributed by atoms with van der Waals surface area (Å²) < 4.78 is 0.897. The number of benzene rings is 1. The lowest BCUT2D eigenvalue weighted by atomic mass is 9.97. The number of halogens is 1. The first-order valence-electron chi connectivity index (χ1n) is 5.79. The minimum absolute atomic E-state index is 0.343. The lowest BCUT2D eigenvalue weighted by molar-refractivity contribution is -0.141. The van der Waals surface area contributed by atoms with Crippen molar-refractivity contribution in [3.8, 4) is 6.07 Å². The van der Waals surface area contributed by atoms with Gasteiger partial charge in [-0.3, -0.25) is 4.79 Å². The van der Waals surface area contributed by atoms with E-state index in [0.29, 0.717) is 18.5 Å². The highest BCUT2D eigenvalue weighted by molar-refractivity contribution is 9.10. The first-order valence-corrected chi connectivity index (χ1v) is 6.58. The Kier molecular flexibility index (Phi) is 3.87. The van der Waals surface area contributed by atoms with Gasteiger partial charge < -0.3 is 10.0 Å². The summed E-state index contributed by atoms with van der Waals surface area (Å²) >= 11 is 3.38. The van der Waals surface area contributed by atoms with Crippen molar-refractivity contribution in [2.45, 2.75) is 12.8 Å². The molecule has 0 bridgehead atoms. The van der Waals surface area contributed by atoms with Crippen molar-refractivity contribution in [3.63, 3.8) is 0 Å². The molecule has 18 heavy (non-hydrogen) atoms. The molecule has 1 aromatic carbocycles. The van der Waals surface area contributed by atoms with E-state index in [-0.39, 0.29) is 5.92 Å². The van der Waals surface area contributed by atoms with Crippen LogP contribution in [0.4, 0.5) is 5.69 Å². The van der Waals surface area contributed by atoms with Crippen LogP contribution < -0.4 is 4.90 Å². The highest BCUT2D eigenvalue weighted by atomic mass is 79.9. The van der Waals surface area contributed by atoms with E-state index in [1.165, 1.54) is 0 Å². The number of nitriles is 1. The van der Waals surface area contributed by atoms with Gasteiger partial charge in [0.2, 0.25) is 0 Å². The van der Waals surface area contributed by atoms with Gasteiger partial charge in [-0.25, -0.2) is 0 Å². The number of carbonyl (C=O) groups is 1. The highest BCUT2D eigenvalue weighted by Crippen LogP contribution is 2.29. The maximum absolute atomic E-state index is 11.1. The Morgan fingerprint density at radius 2 is 2.33 bits per heavy atom. The second-order valence-corrected chi connectivity index (χ2v) is 5.31. The van der Waals surface area contributed by atoms with Crippen LogP contribution >= 0.6 is 15.9 Å². The molecule has 1 aliphatic rings. The first-order chi connectivity index (χ1) is 8.61. The van der Waals surface area contributed by atoms with E-state index < -0.39 is 5.97 Å². The molecule has 0 radical (unpaired) electrons. The second-order valence-electron chi connectivity index (χ2n) is 4.40. The molecule has 1 fully saturated rings. The molecule has 94 valence electrons. The van der Waals surface area contributed by atoms with Gasteiger partial charge >= 0.3 is 5.97 Å². The summed E-state index contributed by atoms with van der Waals surface area (Å²) in [5.41, 5.74) is 1.40. The van der Waals surface area contributed by atoms with Crippen LogP contribution in [0.2, 0.25) is 0 Å². The zero-order valence-corrected chi connectivity index (χ0v) is 11.4. The van der Waals surface area contributed by atoms with E-state index in [1.807, 2.05) is 17.0 Å². The highest BCUT2D eigenvalue weighted by Gasteiger charge is 2.26. The van der Waals surface area contributed by atoms with Crippen LogP contribution in [0.25, 0.3) is 0 Å². The zero-order valence-electron chi connectivity index (χ0n) is 9.77. The molecule has 2 rings (SSSR count). The number of rotatable bonds is 2. The summed E-state index contributed by atoms with van der Waals surface area (Å²) in [6.07, 6.45) is 1.55. The van der Waals surface area contributed by atoms with Gasteiger partial charge in [0.05, 0.1) is 17.2 Å². The second kappa shape index (κ2) is 5.40. The van der Waals surface area contributed by atoms with E-state index in [2.05, 4.69) is 22.0 Å². The van der Waals surface area contributed by atoms with Crippen molar-refractivity contribution < 1.29 is 9.90 Å². The van der Waals surface area contributed by atoms with Crippen LogP contribution in [0.5, 0.6) is 0 Å². The van der Waals surface area contributed by atoms with Crippen molar-refractivity contribution in [3.05, 3.63) is 28.2 Å². The predicted molar refractivity (Wildman–Crippen MR) is 71.4 cm³/mol. The molecule has 1 heterocycles. The molecule has 0 amide bonds. The molecule has 5 heteroatoms. The molecule has 1 aliphatic heterocycles. The Balaban J connectivity index is 2.28. The van der Waals surface area contributed by atoms with E-state index >= 15 is 0 Å². The third-order valence-corrected chi connectivity index (χ3v) is 3.68. The zero-order chi connectivity index (χ0) is 13.1. The van der Waals surface area contributed by atoms with Crippen molar-refractivity contribution in [2.75, 3.05) is 18.0 Å². The molecule has 1 atom stereocenters. The van der Waals surface area contributed by atoms with Crippen molar-refractivity contribution in [1.82, 2.24) is 0 Å². The maximum Gasteiger partial charge on any atom is 0.308 e. The fourth-order valence-electron chi connectivity index (χ4n) is 2.26.